The van der Waals surface area contributed by atoms with E-state index < -0.39 is 0 Å². The number of aryl methyl sites for hydroxylation is 4. The molecule has 0 saturated heterocycles. The maximum absolute atomic E-state index is 4.90. The number of anilines is 4. The third-order valence-electron chi connectivity index (χ3n) is 23.5. The van der Waals surface area contributed by atoms with Crippen molar-refractivity contribution in [3.63, 3.8) is 0 Å². The summed E-state index contributed by atoms with van der Waals surface area (Å²) in [6.45, 7) is 16.4. The Hall–Kier alpha value is -7.79. The molecule has 0 radical (unpaired) electrons. The molecule has 4 aromatic heterocycles. The normalized spacial score (nSPS) is 15.7. The zero-order chi connectivity index (χ0) is 79.9. The van der Waals surface area contributed by atoms with E-state index in [1.165, 1.54) is 144 Å². The number of hydrogen-bond acceptors (Lipinski definition) is 20. The summed E-state index contributed by atoms with van der Waals surface area (Å²) in [6, 6.07) is 75.6. The van der Waals surface area contributed by atoms with Crippen molar-refractivity contribution >= 4 is 209 Å². The molecule has 0 unspecified atom stereocenters. The van der Waals surface area contributed by atoms with Crippen molar-refractivity contribution < 1.29 is 84.3 Å². The van der Waals surface area contributed by atoms with E-state index in [2.05, 4.69) is 339 Å². The predicted molar refractivity (Wildman–Crippen MR) is 489 cm³/mol. The van der Waals surface area contributed by atoms with Crippen LogP contribution in [0.15, 0.2) is 274 Å². The van der Waals surface area contributed by atoms with E-state index in [1.54, 1.807) is 0 Å². The second-order valence-corrected chi connectivity index (χ2v) is 39.8. The minimum absolute atomic E-state index is 0. The summed E-state index contributed by atoms with van der Waals surface area (Å²) < 4.78 is 7.89. The van der Waals surface area contributed by atoms with E-state index in [-0.39, 0.29) is 111 Å². The van der Waals surface area contributed by atoms with Gasteiger partial charge in [-0.25, -0.2) is 0 Å². The summed E-state index contributed by atoms with van der Waals surface area (Å²) in [7, 11) is 8.22. The van der Waals surface area contributed by atoms with Gasteiger partial charge < -0.3 is 39.2 Å². The number of nitrogens with zero attached hydrogens (tertiary/aromatic N) is 16. The SMILES string of the molecule is CN1C=CN(c2[c-]c3c(cc2)Sc2c4c5c(c6c2B3c2[c-]c(-n3cccn3)ccc2S6)Sc2ccc(-n3cccn3)[c-]c2B5c2[c-]c(N3C=CN(C)[CH-]3)ccc2S4)[CH-]1.Cc1cc(C)n(-c2[c-]c3c(cc2)Sc2c4c5c(c6c2B3c2[c-]c(N3C=CN(C)[CH-]3)ccc2S6)Sc2ccc(N3C=CN(C)[CH-]3)[c-]c2B5c2[c-]c(-n3nc(C)cc3C)ccc2S4)n1.[Pt].[Pt].[Pt].[Pt]. The number of fused-ring (bicyclic) bond motifs is 20. The van der Waals surface area contributed by atoms with Crippen LogP contribution in [0.5, 0.6) is 0 Å². The van der Waals surface area contributed by atoms with Gasteiger partial charge in [-0.2, -0.15) is 282 Å². The molecule has 32 heteroatoms. The number of aromatic nitrogens is 8. The fourth-order valence-corrected chi connectivity index (χ4v) is 28.8. The number of benzene rings is 10. The Labute approximate surface area is 813 Å². The molecule has 0 atom stereocenters. The van der Waals surface area contributed by atoms with E-state index in [0.29, 0.717) is 0 Å². The van der Waals surface area contributed by atoms with E-state index >= 15 is 0 Å². The molecular formula is C92H60B4N16Pt4S8-12. The minimum atomic E-state index is -0.0824. The molecule has 16 heterocycles. The fraction of sp³-hybridized carbons (Fsp3) is 0.0870. The average Bonchev–Trinajstić information content (AvgIpc) is 0.854. The molecule has 124 heavy (non-hydrogen) atoms. The van der Waals surface area contributed by atoms with Gasteiger partial charge in [-0.05, 0) is 174 Å². The molecule has 0 amide bonds. The molecule has 0 bridgehead atoms. The molecule has 0 N–H and O–H groups in total. The van der Waals surface area contributed by atoms with Gasteiger partial charge in [0.2, 0.25) is 0 Å². The molecule has 0 aliphatic carbocycles. The summed E-state index contributed by atoms with van der Waals surface area (Å²) in [4.78, 5) is 37.2. The van der Waals surface area contributed by atoms with Crippen LogP contribution in [0.25, 0.3) is 22.7 Å². The maximum atomic E-state index is 4.90. The molecule has 12 aliphatic heterocycles. The fourth-order valence-electron chi connectivity index (χ4n) is 18.2. The predicted octanol–water partition coefficient (Wildman–Crippen LogP) is 10.9. The zero-order valence-electron chi connectivity index (χ0n) is 66.8. The third kappa shape index (κ3) is 13.4. The Morgan fingerprint density at radius 1 is 0.282 bits per heavy atom. The molecule has 10 aromatic carbocycles. The van der Waals surface area contributed by atoms with Crippen LogP contribution in [0.1, 0.15) is 22.8 Å². The van der Waals surface area contributed by atoms with Crippen LogP contribution < -0.4 is 85.2 Å². The van der Waals surface area contributed by atoms with Gasteiger partial charge >= 0.3 is 0 Å². The van der Waals surface area contributed by atoms with Gasteiger partial charge in [-0.15, -0.1) is 110 Å². The van der Waals surface area contributed by atoms with Crippen molar-refractivity contribution in [3.8, 4) is 22.7 Å². The average molecular weight is 2470 g/mol. The first-order valence-electron chi connectivity index (χ1n) is 39.3. The van der Waals surface area contributed by atoms with Crippen LogP contribution in [0.2, 0.25) is 0 Å². The first-order chi connectivity index (χ1) is 58.6. The molecule has 26 rings (SSSR count). The largest absolute Gasteiger partial charge is 0.510 e. The quantitative estimate of drug-likeness (QED) is 0.107. The molecule has 14 aromatic rings. The second-order valence-electron chi connectivity index (χ2n) is 31.3. The van der Waals surface area contributed by atoms with Crippen LogP contribution >= 0.6 is 94.1 Å². The Bertz CT molecular complexity index is 6540. The van der Waals surface area contributed by atoms with Gasteiger partial charge in [-0.1, -0.05) is 0 Å². The molecule has 16 nitrogen and oxygen atoms in total. The monoisotopic (exact) mass is 2470 g/mol. The Morgan fingerprint density at radius 2 is 0.500 bits per heavy atom. The third-order valence-corrected chi connectivity index (χ3v) is 33.6. The first kappa shape index (κ1) is 83.1. The molecule has 620 valence electrons. The summed E-state index contributed by atoms with van der Waals surface area (Å²) in [5.41, 5.74) is 26.9. The Kier molecular flexibility index (Phi) is 21.6. The molecular weight excluding hydrogens is 2410 g/mol. The molecule has 0 spiro atoms. The van der Waals surface area contributed by atoms with Gasteiger partial charge in [-0.3, -0.25) is 18.7 Å². The molecule has 0 saturated carbocycles. The minimum Gasteiger partial charge on any atom is -0.510 e. The van der Waals surface area contributed by atoms with Gasteiger partial charge in [0.25, 0.3) is 0 Å². The summed E-state index contributed by atoms with van der Waals surface area (Å²) >= 11 is 15.2. The maximum Gasteiger partial charge on any atom is 0.196 e. The molecule has 12 aliphatic rings. The summed E-state index contributed by atoms with van der Waals surface area (Å²) in [5.74, 6) is 0. The van der Waals surface area contributed by atoms with Gasteiger partial charge in [0.1, 0.15) is 0 Å². The van der Waals surface area contributed by atoms with Crippen LogP contribution in [0.3, 0.4) is 0 Å². The number of rotatable bonds is 8. The van der Waals surface area contributed by atoms with E-state index in [9.17, 15) is 0 Å². The van der Waals surface area contributed by atoms with Crippen molar-refractivity contribution in [2.75, 3.05) is 47.8 Å². The van der Waals surface area contributed by atoms with Crippen LogP contribution in [-0.4, -0.2) is 114 Å². The zero-order valence-corrected chi connectivity index (χ0v) is 82.4. The van der Waals surface area contributed by atoms with Gasteiger partial charge in [0, 0.05) is 160 Å². The number of hydrogen-bond donors (Lipinski definition) is 0. The van der Waals surface area contributed by atoms with E-state index in [4.69, 9.17) is 10.2 Å². The van der Waals surface area contributed by atoms with Crippen molar-refractivity contribution in [2.24, 2.45) is 0 Å². The standard InChI is InChI=1S/C48H34B2N8S4.C44H26B2N8S4.4Pt/c1-27-19-29(3)57(51-27)33-9-13-41-37(23-33)49-35-21-31(55-17-15-53(5)25-55)7-11-39(35)59-45-43(49)47(61-41)48-44-46(45)60-40-12-8-32(56-18-16-54(6)26-56)22-36(40)50(44)38-24-34(10-14-42(38)62-48)58-30(4)20-28(2)52-58;1-49-17-19-51(25-49)27-5-9-35-31(21-27)45-33-23-29(53-15-3-13-47-53)7-11-37(33)57-43-39(45)41(55-35)42-40-44(43)58-38-12-8-30(54-16-4-14-48-54)24-34(38)46(40)32-22-28(6-10-36(32)56-42)52-20-18-50(2)26-52;;;;/h7-20,25-26H,1-6H3;3-20,25-26H,1-2H3;;;;/q2*-6;;;;. The summed E-state index contributed by atoms with van der Waals surface area (Å²) in [5, 5.41) is 19.0. The van der Waals surface area contributed by atoms with E-state index in [1.807, 2.05) is 150 Å². The van der Waals surface area contributed by atoms with Crippen molar-refractivity contribution in [1.82, 2.24) is 58.7 Å². The summed E-state index contributed by atoms with van der Waals surface area (Å²) in [6.07, 6.45) is 24.3. The smallest absolute Gasteiger partial charge is 0.196 e. The van der Waals surface area contributed by atoms with Gasteiger partial charge in [0.15, 0.2) is 26.9 Å². The Morgan fingerprint density at radius 3 is 0.702 bits per heavy atom. The van der Waals surface area contributed by atoms with Crippen LogP contribution in [-0.2, 0) is 84.3 Å². The second kappa shape index (κ2) is 32.1. The van der Waals surface area contributed by atoms with E-state index in [0.717, 1.165) is 68.3 Å². The Balaban J connectivity index is 0.000000148. The van der Waals surface area contributed by atoms with Crippen LogP contribution in [0, 0.1) is 103 Å². The van der Waals surface area contributed by atoms with Crippen molar-refractivity contribution in [1.29, 1.82) is 0 Å². The van der Waals surface area contributed by atoms with Crippen molar-refractivity contribution in [2.45, 2.75) is 106 Å². The van der Waals surface area contributed by atoms with Crippen LogP contribution in [0.4, 0.5) is 22.7 Å². The topological polar surface area (TPSA) is 97.2 Å². The van der Waals surface area contributed by atoms with Gasteiger partial charge in [0.05, 0.1) is 11.4 Å². The molecule has 0 fully saturated rings. The van der Waals surface area contributed by atoms with Crippen molar-refractivity contribution in [3.05, 3.63) is 294 Å². The first-order valence-corrected chi connectivity index (χ1v) is 45.8.